The van der Waals surface area contributed by atoms with E-state index in [9.17, 15) is 4.79 Å². The number of aryl methyl sites for hydroxylation is 1. The molecule has 1 heterocycles. The second kappa shape index (κ2) is 4.33. The Balaban J connectivity index is 2.46. The zero-order chi connectivity index (χ0) is 8.97. The maximum Gasteiger partial charge on any atom is 0.140 e. The van der Waals surface area contributed by atoms with Crippen LogP contribution < -0.4 is 5.73 Å². The summed E-state index contributed by atoms with van der Waals surface area (Å²) < 4.78 is 0. The number of nitrogens with zero attached hydrogens (tertiary/aromatic N) is 1. The molecule has 66 valence electrons. The summed E-state index contributed by atoms with van der Waals surface area (Å²) in [5.74, 6) is 0.169. The second-order valence-electron chi connectivity index (χ2n) is 2.61. The molecule has 0 spiro atoms. The minimum atomic E-state index is 0.169. The normalized spacial score (nSPS) is 10.2. The van der Waals surface area contributed by atoms with Gasteiger partial charge in [0.15, 0.2) is 0 Å². The number of aromatic nitrogens is 1. The lowest BCUT2D eigenvalue weighted by molar-refractivity contribution is -0.118. The molecular formula is C8H12N2OS. The third kappa shape index (κ3) is 2.71. The van der Waals surface area contributed by atoms with Gasteiger partial charge in [0.1, 0.15) is 5.78 Å². The SMILES string of the molecule is Cc1nc(CC(=O)CCN)cs1. The molecule has 0 saturated heterocycles. The van der Waals surface area contributed by atoms with E-state index in [0.29, 0.717) is 19.4 Å². The van der Waals surface area contributed by atoms with Crippen molar-refractivity contribution in [2.24, 2.45) is 5.73 Å². The molecule has 0 fully saturated rings. The Morgan fingerprint density at radius 1 is 1.75 bits per heavy atom. The van der Waals surface area contributed by atoms with Crippen LogP contribution >= 0.6 is 11.3 Å². The summed E-state index contributed by atoms with van der Waals surface area (Å²) in [5, 5.41) is 2.93. The van der Waals surface area contributed by atoms with Crippen molar-refractivity contribution >= 4 is 17.1 Å². The average molecular weight is 184 g/mol. The number of carbonyl (C=O) groups excluding carboxylic acids is 1. The lowest BCUT2D eigenvalue weighted by Gasteiger charge is -1.93. The van der Waals surface area contributed by atoms with Gasteiger partial charge in [0.25, 0.3) is 0 Å². The van der Waals surface area contributed by atoms with Crippen LogP contribution in [-0.4, -0.2) is 17.3 Å². The van der Waals surface area contributed by atoms with Crippen molar-refractivity contribution in [3.63, 3.8) is 0 Å². The van der Waals surface area contributed by atoms with Gasteiger partial charge in [-0.2, -0.15) is 0 Å². The quantitative estimate of drug-likeness (QED) is 0.756. The van der Waals surface area contributed by atoms with Gasteiger partial charge in [-0.15, -0.1) is 11.3 Å². The highest BCUT2D eigenvalue weighted by molar-refractivity contribution is 7.09. The summed E-state index contributed by atoms with van der Waals surface area (Å²) in [6.45, 7) is 2.36. The summed E-state index contributed by atoms with van der Waals surface area (Å²) >= 11 is 1.57. The highest BCUT2D eigenvalue weighted by Gasteiger charge is 2.04. The predicted molar refractivity (Wildman–Crippen MR) is 49.2 cm³/mol. The van der Waals surface area contributed by atoms with E-state index in [-0.39, 0.29) is 5.78 Å². The van der Waals surface area contributed by atoms with Crippen LogP contribution in [0.4, 0.5) is 0 Å². The lowest BCUT2D eigenvalue weighted by atomic mass is 10.2. The van der Waals surface area contributed by atoms with Crippen molar-refractivity contribution in [1.29, 1.82) is 0 Å². The number of hydrogen-bond donors (Lipinski definition) is 1. The van der Waals surface area contributed by atoms with Crippen molar-refractivity contribution in [1.82, 2.24) is 4.98 Å². The maximum absolute atomic E-state index is 11.1. The summed E-state index contributed by atoms with van der Waals surface area (Å²) in [6.07, 6.45) is 0.887. The minimum Gasteiger partial charge on any atom is -0.330 e. The molecule has 0 amide bonds. The standard InChI is InChI=1S/C8H12N2OS/c1-6-10-7(5-12-6)4-8(11)2-3-9/h5H,2-4,9H2,1H3. The van der Waals surface area contributed by atoms with E-state index >= 15 is 0 Å². The monoisotopic (exact) mass is 184 g/mol. The van der Waals surface area contributed by atoms with Crippen molar-refractivity contribution in [2.45, 2.75) is 19.8 Å². The van der Waals surface area contributed by atoms with Crippen LogP contribution in [-0.2, 0) is 11.2 Å². The van der Waals surface area contributed by atoms with Gasteiger partial charge in [-0.05, 0) is 13.5 Å². The van der Waals surface area contributed by atoms with Gasteiger partial charge in [-0.25, -0.2) is 4.98 Å². The fraction of sp³-hybridized carbons (Fsp3) is 0.500. The van der Waals surface area contributed by atoms with Crippen LogP contribution in [0.2, 0.25) is 0 Å². The lowest BCUT2D eigenvalue weighted by Crippen LogP contribution is -2.10. The van der Waals surface area contributed by atoms with Gasteiger partial charge in [-0.1, -0.05) is 0 Å². The Labute approximate surface area is 75.6 Å². The first-order valence-electron chi connectivity index (χ1n) is 3.85. The third-order valence-corrected chi connectivity index (χ3v) is 2.29. The fourth-order valence-corrected chi connectivity index (χ4v) is 1.55. The second-order valence-corrected chi connectivity index (χ2v) is 3.67. The van der Waals surface area contributed by atoms with Crippen molar-refractivity contribution in [2.75, 3.05) is 6.54 Å². The largest absolute Gasteiger partial charge is 0.330 e. The molecule has 0 bridgehead atoms. The van der Waals surface area contributed by atoms with Crippen LogP contribution in [0, 0.1) is 6.92 Å². The van der Waals surface area contributed by atoms with E-state index in [1.165, 1.54) is 0 Å². The Hall–Kier alpha value is -0.740. The third-order valence-electron chi connectivity index (χ3n) is 1.47. The summed E-state index contributed by atoms with van der Waals surface area (Å²) in [7, 11) is 0. The van der Waals surface area contributed by atoms with E-state index in [1.54, 1.807) is 11.3 Å². The molecule has 0 saturated carbocycles. The van der Waals surface area contributed by atoms with Crippen LogP contribution in [0.3, 0.4) is 0 Å². The van der Waals surface area contributed by atoms with Gasteiger partial charge in [0.2, 0.25) is 0 Å². The van der Waals surface area contributed by atoms with E-state index < -0.39 is 0 Å². The molecule has 1 rings (SSSR count). The van der Waals surface area contributed by atoms with Crippen molar-refractivity contribution < 1.29 is 4.79 Å². The number of thiazole rings is 1. The first-order chi connectivity index (χ1) is 5.72. The van der Waals surface area contributed by atoms with Crippen molar-refractivity contribution in [3.05, 3.63) is 16.1 Å². The molecule has 0 aromatic carbocycles. The Bertz CT molecular complexity index is 270. The number of carbonyl (C=O) groups is 1. The molecule has 0 unspecified atom stereocenters. The Morgan fingerprint density at radius 2 is 2.50 bits per heavy atom. The molecule has 0 radical (unpaired) electrons. The van der Waals surface area contributed by atoms with E-state index in [1.807, 2.05) is 12.3 Å². The Morgan fingerprint density at radius 3 is 3.00 bits per heavy atom. The molecular weight excluding hydrogens is 172 g/mol. The van der Waals surface area contributed by atoms with Gasteiger partial charge in [-0.3, -0.25) is 4.79 Å². The number of hydrogen-bond acceptors (Lipinski definition) is 4. The van der Waals surface area contributed by atoms with E-state index in [0.717, 1.165) is 10.7 Å². The van der Waals surface area contributed by atoms with Gasteiger partial charge in [0.05, 0.1) is 10.7 Å². The average Bonchev–Trinajstić information content (AvgIpc) is 2.36. The topological polar surface area (TPSA) is 56.0 Å². The van der Waals surface area contributed by atoms with Crippen LogP contribution in [0.1, 0.15) is 17.1 Å². The first kappa shape index (κ1) is 9.35. The summed E-state index contributed by atoms with van der Waals surface area (Å²) in [6, 6.07) is 0. The zero-order valence-corrected chi connectivity index (χ0v) is 7.86. The number of Topliss-reactive ketones (excluding diaryl/α,β-unsaturated/α-hetero) is 1. The summed E-state index contributed by atoms with van der Waals surface area (Å²) in [4.78, 5) is 15.3. The smallest absolute Gasteiger partial charge is 0.140 e. The van der Waals surface area contributed by atoms with Crippen LogP contribution in [0.15, 0.2) is 5.38 Å². The highest BCUT2D eigenvalue weighted by Crippen LogP contribution is 2.08. The molecule has 0 atom stereocenters. The summed E-state index contributed by atoms with van der Waals surface area (Å²) in [5.41, 5.74) is 6.12. The molecule has 2 N–H and O–H groups in total. The molecule has 3 nitrogen and oxygen atoms in total. The van der Waals surface area contributed by atoms with Crippen LogP contribution in [0.25, 0.3) is 0 Å². The minimum absolute atomic E-state index is 0.169. The number of ketones is 1. The van der Waals surface area contributed by atoms with E-state index in [2.05, 4.69) is 4.98 Å². The number of nitrogens with two attached hydrogens (primary N) is 1. The first-order valence-corrected chi connectivity index (χ1v) is 4.73. The van der Waals surface area contributed by atoms with Crippen molar-refractivity contribution in [3.8, 4) is 0 Å². The molecule has 0 aliphatic rings. The van der Waals surface area contributed by atoms with Crippen LogP contribution in [0.5, 0.6) is 0 Å². The van der Waals surface area contributed by atoms with Gasteiger partial charge >= 0.3 is 0 Å². The molecule has 4 heteroatoms. The Kier molecular flexibility index (Phi) is 3.37. The van der Waals surface area contributed by atoms with Gasteiger partial charge < -0.3 is 5.73 Å². The molecule has 1 aromatic heterocycles. The highest BCUT2D eigenvalue weighted by atomic mass is 32.1. The van der Waals surface area contributed by atoms with Gasteiger partial charge in [0, 0.05) is 18.2 Å². The predicted octanol–water partition coefficient (Wildman–Crippen LogP) is 0.912. The molecule has 1 aromatic rings. The zero-order valence-electron chi connectivity index (χ0n) is 7.04. The molecule has 0 aliphatic heterocycles. The fourth-order valence-electron chi connectivity index (χ4n) is 0.941. The number of rotatable bonds is 4. The maximum atomic E-state index is 11.1. The molecule has 0 aliphatic carbocycles. The van der Waals surface area contributed by atoms with E-state index in [4.69, 9.17) is 5.73 Å². The molecule has 12 heavy (non-hydrogen) atoms.